The topological polar surface area (TPSA) is 12.9 Å². The maximum atomic E-state index is 4.71. The smallest absolute Gasteiger partial charge is 0.0781 e. The van der Waals surface area contributed by atoms with Crippen LogP contribution in [0.25, 0.3) is 34.2 Å². The van der Waals surface area contributed by atoms with Gasteiger partial charge in [-0.15, -0.1) is 0 Å². The van der Waals surface area contributed by atoms with Crippen LogP contribution in [0.4, 0.5) is 0 Å². The van der Waals surface area contributed by atoms with Gasteiger partial charge in [-0.1, -0.05) is 47.5 Å². The molecule has 0 aliphatic heterocycles. The number of pyridine rings is 1. The van der Waals surface area contributed by atoms with Crippen LogP contribution in [0.15, 0.2) is 42.6 Å². The highest BCUT2D eigenvalue weighted by molar-refractivity contribution is 6.08. The lowest BCUT2D eigenvalue weighted by molar-refractivity contribution is 1.32. The molecule has 4 rings (SSSR count). The summed E-state index contributed by atoms with van der Waals surface area (Å²) in [6.07, 6.45) is 6.31. The number of nitrogens with zero attached hydrogens (tertiary/aromatic N) is 1. The van der Waals surface area contributed by atoms with Crippen molar-refractivity contribution in [2.45, 2.75) is 13.8 Å². The van der Waals surface area contributed by atoms with Gasteiger partial charge in [0, 0.05) is 22.7 Å². The summed E-state index contributed by atoms with van der Waals surface area (Å²) in [5, 5.41) is 2.58. The zero-order valence-corrected chi connectivity index (χ0v) is 11.6. The Morgan fingerprint density at radius 1 is 0.850 bits per heavy atom. The fraction of sp³-hybridized carbons (Fsp3) is 0.105. The molecule has 1 nitrogen and oxygen atoms in total. The van der Waals surface area contributed by atoms with Crippen LogP contribution in [0, 0.1) is 13.8 Å². The van der Waals surface area contributed by atoms with Crippen molar-refractivity contribution in [3.8, 4) is 11.3 Å². The molecule has 0 bridgehead atoms. The second-order valence-electron chi connectivity index (χ2n) is 5.54. The van der Waals surface area contributed by atoms with E-state index in [2.05, 4.69) is 62.4 Å². The van der Waals surface area contributed by atoms with Crippen LogP contribution in [0.3, 0.4) is 0 Å². The molecule has 1 heteroatoms. The molecule has 0 saturated heterocycles. The van der Waals surface area contributed by atoms with E-state index in [1.54, 1.807) is 0 Å². The van der Waals surface area contributed by atoms with Crippen molar-refractivity contribution >= 4 is 22.9 Å². The fourth-order valence-electron chi connectivity index (χ4n) is 3.14. The third-order valence-corrected chi connectivity index (χ3v) is 3.91. The molecule has 1 aromatic heterocycles. The van der Waals surface area contributed by atoms with Crippen molar-refractivity contribution in [1.29, 1.82) is 0 Å². The van der Waals surface area contributed by atoms with Crippen molar-refractivity contribution in [2.75, 3.05) is 0 Å². The average molecular weight is 257 g/mol. The SMILES string of the molecule is Cc1cc(C)cc(-c2ncc3c4c(cccc24)C=C3)c1. The molecule has 20 heavy (non-hydrogen) atoms. The first kappa shape index (κ1) is 11.4. The van der Waals surface area contributed by atoms with Crippen LogP contribution in [-0.2, 0) is 0 Å². The minimum Gasteiger partial charge on any atom is -0.255 e. The van der Waals surface area contributed by atoms with E-state index in [0.29, 0.717) is 0 Å². The third-order valence-electron chi connectivity index (χ3n) is 3.91. The van der Waals surface area contributed by atoms with Crippen LogP contribution >= 0.6 is 0 Å². The minimum atomic E-state index is 1.08. The lowest BCUT2D eigenvalue weighted by atomic mass is 9.98. The zero-order chi connectivity index (χ0) is 13.7. The highest BCUT2D eigenvalue weighted by atomic mass is 14.7. The van der Waals surface area contributed by atoms with Gasteiger partial charge in [0.1, 0.15) is 0 Å². The van der Waals surface area contributed by atoms with Crippen molar-refractivity contribution < 1.29 is 0 Å². The van der Waals surface area contributed by atoms with Crippen LogP contribution < -0.4 is 0 Å². The van der Waals surface area contributed by atoms with E-state index in [1.807, 2.05) is 6.20 Å². The van der Waals surface area contributed by atoms with E-state index in [0.717, 1.165) is 5.69 Å². The molecule has 1 aliphatic rings. The Bertz CT molecular complexity index is 840. The van der Waals surface area contributed by atoms with Gasteiger partial charge in [0.2, 0.25) is 0 Å². The normalized spacial score (nSPS) is 12.3. The minimum absolute atomic E-state index is 1.08. The fourth-order valence-corrected chi connectivity index (χ4v) is 3.14. The Labute approximate surface area is 118 Å². The molecule has 0 radical (unpaired) electrons. The number of aryl methyl sites for hydroxylation is 2. The number of aromatic nitrogens is 1. The quantitative estimate of drug-likeness (QED) is 0.467. The lowest BCUT2D eigenvalue weighted by Gasteiger charge is -2.10. The largest absolute Gasteiger partial charge is 0.255 e. The Hall–Kier alpha value is -2.41. The molecule has 0 fully saturated rings. The molecule has 1 aliphatic carbocycles. The van der Waals surface area contributed by atoms with Gasteiger partial charge in [0.15, 0.2) is 0 Å². The van der Waals surface area contributed by atoms with E-state index >= 15 is 0 Å². The summed E-state index contributed by atoms with van der Waals surface area (Å²) in [5.41, 5.74) is 7.37. The second kappa shape index (κ2) is 4.04. The molecule has 2 aromatic carbocycles. The van der Waals surface area contributed by atoms with Crippen LogP contribution in [-0.4, -0.2) is 4.98 Å². The summed E-state index contributed by atoms with van der Waals surface area (Å²) in [6.45, 7) is 4.27. The highest BCUT2D eigenvalue weighted by Crippen LogP contribution is 2.36. The zero-order valence-electron chi connectivity index (χ0n) is 11.6. The summed E-state index contributed by atoms with van der Waals surface area (Å²) < 4.78 is 0. The van der Waals surface area contributed by atoms with Crippen LogP contribution in [0.1, 0.15) is 22.3 Å². The first-order valence-electron chi connectivity index (χ1n) is 6.91. The highest BCUT2D eigenvalue weighted by Gasteiger charge is 2.14. The van der Waals surface area contributed by atoms with Crippen LogP contribution in [0.5, 0.6) is 0 Å². The molecule has 0 atom stereocenters. The molecule has 0 amide bonds. The summed E-state index contributed by atoms with van der Waals surface area (Å²) in [7, 11) is 0. The van der Waals surface area contributed by atoms with Gasteiger partial charge >= 0.3 is 0 Å². The van der Waals surface area contributed by atoms with E-state index in [4.69, 9.17) is 4.98 Å². The number of hydrogen-bond acceptors (Lipinski definition) is 1. The first-order chi connectivity index (χ1) is 9.72. The monoisotopic (exact) mass is 257 g/mol. The number of hydrogen-bond donors (Lipinski definition) is 0. The average Bonchev–Trinajstić information content (AvgIpc) is 2.84. The molecular formula is C19H15N. The van der Waals surface area contributed by atoms with Crippen molar-refractivity contribution in [3.05, 3.63) is 64.8 Å². The molecule has 0 saturated carbocycles. The first-order valence-corrected chi connectivity index (χ1v) is 6.91. The molecule has 0 unspecified atom stereocenters. The Balaban J connectivity index is 2.07. The van der Waals surface area contributed by atoms with Gasteiger partial charge in [-0.2, -0.15) is 0 Å². The Morgan fingerprint density at radius 2 is 1.60 bits per heavy atom. The predicted molar refractivity (Wildman–Crippen MR) is 85.6 cm³/mol. The maximum Gasteiger partial charge on any atom is 0.0781 e. The Kier molecular flexibility index (Phi) is 2.31. The lowest BCUT2D eigenvalue weighted by Crippen LogP contribution is -1.90. The standard InChI is InChI=1S/C19H15N/c1-12-8-13(2)10-16(9-12)19-17-5-3-4-14-6-7-15(11-20-19)18(14)17/h3-11H,1-2H3. The van der Waals surface area contributed by atoms with Crippen molar-refractivity contribution in [3.63, 3.8) is 0 Å². The molecule has 3 aromatic rings. The number of benzene rings is 2. The molecule has 0 N–H and O–H groups in total. The summed E-state index contributed by atoms with van der Waals surface area (Å²) in [6, 6.07) is 13.1. The molecular weight excluding hydrogens is 242 g/mol. The van der Waals surface area contributed by atoms with E-state index in [1.165, 1.54) is 38.6 Å². The van der Waals surface area contributed by atoms with E-state index < -0.39 is 0 Å². The Morgan fingerprint density at radius 3 is 2.40 bits per heavy atom. The predicted octanol–water partition coefficient (Wildman–Crippen LogP) is 5.00. The second-order valence-corrected chi connectivity index (χ2v) is 5.54. The molecule has 96 valence electrons. The van der Waals surface area contributed by atoms with Gasteiger partial charge in [-0.25, -0.2) is 0 Å². The van der Waals surface area contributed by atoms with Crippen LogP contribution in [0.2, 0.25) is 0 Å². The van der Waals surface area contributed by atoms with Crippen molar-refractivity contribution in [1.82, 2.24) is 4.98 Å². The maximum absolute atomic E-state index is 4.71. The van der Waals surface area contributed by atoms with Gasteiger partial charge in [0.25, 0.3) is 0 Å². The van der Waals surface area contributed by atoms with E-state index in [-0.39, 0.29) is 0 Å². The third kappa shape index (κ3) is 1.60. The van der Waals surface area contributed by atoms with Crippen molar-refractivity contribution in [2.24, 2.45) is 0 Å². The molecule has 0 spiro atoms. The summed E-state index contributed by atoms with van der Waals surface area (Å²) in [4.78, 5) is 4.71. The van der Waals surface area contributed by atoms with E-state index in [9.17, 15) is 0 Å². The summed E-state index contributed by atoms with van der Waals surface area (Å²) >= 11 is 0. The van der Waals surface area contributed by atoms with Gasteiger partial charge in [0.05, 0.1) is 5.69 Å². The number of rotatable bonds is 1. The van der Waals surface area contributed by atoms with Gasteiger partial charge in [-0.05, 0) is 36.9 Å². The molecule has 1 heterocycles. The van der Waals surface area contributed by atoms with Gasteiger partial charge in [-0.3, -0.25) is 4.98 Å². The van der Waals surface area contributed by atoms with Gasteiger partial charge < -0.3 is 0 Å². The summed E-state index contributed by atoms with van der Waals surface area (Å²) in [5.74, 6) is 0.